The number of aromatic nitrogens is 1. The monoisotopic (exact) mass is 374 g/mol. The zero-order valence-corrected chi connectivity index (χ0v) is 13.9. The summed E-state index contributed by atoms with van der Waals surface area (Å²) in [6.45, 7) is 0. The van der Waals surface area contributed by atoms with Gasteiger partial charge in [0.25, 0.3) is 5.91 Å². The second-order valence-electron chi connectivity index (χ2n) is 5.07. The van der Waals surface area contributed by atoms with E-state index >= 15 is 0 Å². The van der Waals surface area contributed by atoms with Gasteiger partial charge in [0.2, 0.25) is 0 Å². The number of thiazole rings is 1. The normalized spacial score (nSPS) is 10.2. The average Bonchev–Trinajstić information content (AvgIpc) is 3.07. The maximum atomic E-state index is 13.2. The lowest BCUT2D eigenvalue weighted by molar-refractivity contribution is 0.102. The van der Waals surface area contributed by atoms with E-state index in [1.165, 1.54) is 11.4 Å². The van der Waals surface area contributed by atoms with E-state index in [9.17, 15) is 18.4 Å². The molecule has 1 aromatic heterocycles. The maximum absolute atomic E-state index is 13.2. The summed E-state index contributed by atoms with van der Waals surface area (Å²) >= 11 is 1.05. The van der Waals surface area contributed by atoms with E-state index in [4.69, 9.17) is 0 Å². The molecule has 3 amide bonds. The number of para-hydroxylation sites is 1. The highest BCUT2D eigenvalue weighted by atomic mass is 32.1. The van der Waals surface area contributed by atoms with E-state index in [2.05, 4.69) is 20.9 Å². The summed E-state index contributed by atoms with van der Waals surface area (Å²) in [4.78, 5) is 28.0. The lowest BCUT2D eigenvalue weighted by Gasteiger charge is -2.05. The summed E-state index contributed by atoms with van der Waals surface area (Å²) in [7, 11) is 0. The lowest BCUT2D eigenvalue weighted by atomic mass is 10.3. The molecule has 0 aliphatic rings. The molecule has 0 fully saturated rings. The molecule has 26 heavy (non-hydrogen) atoms. The summed E-state index contributed by atoms with van der Waals surface area (Å²) in [5.74, 6) is -2.68. The Kier molecular flexibility index (Phi) is 5.18. The summed E-state index contributed by atoms with van der Waals surface area (Å²) in [6.07, 6.45) is 0. The summed E-state index contributed by atoms with van der Waals surface area (Å²) < 4.78 is 26.1. The van der Waals surface area contributed by atoms with Gasteiger partial charge >= 0.3 is 6.03 Å². The quantitative estimate of drug-likeness (QED) is 0.636. The maximum Gasteiger partial charge on any atom is 0.325 e. The van der Waals surface area contributed by atoms with Gasteiger partial charge in [-0.2, -0.15) is 0 Å². The minimum atomic E-state index is -1.07. The van der Waals surface area contributed by atoms with Crippen LogP contribution in [0.2, 0.25) is 0 Å². The largest absolute Gasteiger partial charge is 0.325 e. The van der Waals surface area contributed by atoms with Crippen LogP contribution in [-0.2, 0) is 0 Å². The van der Waals surface area contributed by atoms with Gasteiger partial charge in [-0.05, 0) is 24.3 Å². The predicted octanol–water partition coefficient (Wildman–Crippen LogP) is 4.32. The zero-order chi connectivity index (χ0) is 18.5. The third-order valence-corrected chi connectivity index (χ3v) is 3.92. The number of urea groups is 1. The number of rotatable bonds is 4. The fourth-order valence-corrected chi connectivity index (χ4v) is 2.67. The van der Waals surface area contributed by atoms with Crippen LogP contribution in [-0.4, -0.2) is 16.9 Å². The van der Waals surface area contributed by atoms with Crippen molar-refractivity contribution in [2.45, 2.75) is 0 Å². The number of carbonyl (C=O) groups excluding carboxylic acids is 2. The van der Waals surface area contributed by atoms with Crippen LogP contribution in [0.15, 0.2) is 53.9 Å². The fraction of sp³-hybridized carbons (Fsp3) is 0. The molecule has 0 unspecified atom stereocenters. The van der Waals surface area contributed by atoms with E-state index in [0.29, 0.717) is 5.69 Å². The molecular weight excluding hydrogens is 362 g/mol. The number of anilines is 3. The van der Waals surface area contributed by atoms with Crippen molar-refractivity contribution in [3.63, 3.8) is 0 Å². The molecule has 0 saturated carbocycles. The highest BCUT2D eigenvalue weighted by Crippen LogP contribution is 2.18. The van der Waals surface area contributed by atoms with Crippen LogP contribution in [0.5, 0.6) is 0 Å². The van der Waals surface area contributed by atoms with E-state index in [1.807, 2.05) is 6.07 Å². The van der Waals surface area contributed by atoms with Crippen molar-refractivity contribution in [3.8, 4) is 0 Å². The molecule has 0 aliphatic carbocycles. The van der Waals surface area contributed by atoms with Crippen molar-refractivity contribution in [1.29, 1.82) is 0 Å². The van der Waals surface area contributed by atoms with E-state index < -0.39 is 23.6 Å². The summed E-state index contributed by atoms with van der Waals surface area (Å²) in [5, 5.41) is 9.19. The molecule has 2 aromatic carbocycles. The number of amides is 3. The molecule has 0 atom stereocenters. The first kappa shape index (κ1) is 17.5. The molecule has 3 rings (SSSR count). The van der Waals surface area contributed by atoms with E-state index in [-0.39, 0.29) is 16.5 Å². The van der Waals surface area contributed by atoms with Gasteiger partial charge in [0.15, 0.2) is 16.8 Å². The fourth-order valence-electron chi connectivity index (χ4n) is 1.99. The number of halogens is 2. The van der Waals surface area contributed by atoms with Gasteiger partial charge in [0.1, 0.15) is 5.69 Å². The highest BCUT2D eigenvalue weighted by Gasteiger charge is 2.13. The second kappa shape index (κ2) is 7.70. The van der Waals surface area contributed by atoms with E-state index in [1.54, 1.807) is 24.3 Å². The number of hydrogen-bond acceptors (Lipinski definition) is 4. The van der Waals surface area contributed by atoms with Gasteiger partial charge in [-0.3, -0.25) is 10.1 Å². The van der Waals surface area contributed by atoms with Crippen LogP contribution in [0, 0.1) is 11.6 Å². The Morgan fingerprint density at radius 1 is 0.885 bits per heavy atom. The highest BCUT2D eigenvalue weighted by molar-refractivity contribution is 7.14. The lowest BCUT2D eigenvalue weighted by Crippen LogP contribution is -2.19. The molecule has 0 bridgehead atoms. The zero-order valence-electron chi connectivity index (χ0n) is 13.1. The minimum absolute atomic E-state index is 0.0368. The Hall–Kier alpha value is -3.33. The Labute approximate surface area is 150 Å². The SMILES string of the molecule is O=C(Nc1ccccc1)Nc1nc(C(=O)Nc2ccc(F)c(F)c2)cs1. The Balaban J connectivity index is 1.60. The van der Waals surface area contributed by atoms with Crippen molar-refractivity contribution in [2.75, 3.05) is 16.0 Å². The summed E-state index contributed by atoms with van der Waals surface area (Å²) in [5.41, 5.74) is 0.742. The van der Waals surface area contributed by atoms with Crippen molar-refractivity contribution in [2.24, 2.45) is 0 Å². The molecule has 6 nitrogen and oxygen atoms in total. The van der Waals surface area contributed by atoms with Gasteiger partial charge in [-0.25, -0.2) is 18.6 Å². The average molecular weight is 374 g/mol. The molecule has 0 saturated heterocycles. The number of hydrogen-bond donors (Lipinski definition) is 3. The van der Waals surface area contributed by atoms with Crippen molar-refractivity contribution in [3.05, 3.63) is 71.2 Å². The van der Waals surface area contributed by atoms with Gasteiger partial charge in [-0.1, -0.05) is 18.2 Å². The van der Waals surface area contributed by atoms with Crippen molar-refractivity contribution in [1.82, 2.24) is 4.98 Å². The standard InChI is InChI=1S/C17H12F2N4O2S/c18-12-7-6-11(8-13(12)19)20-15(24)14-9-26-17(22-14)23-16(25)21-10-4-2-1-3-5-10/h1-9H,(H,20,24)(H2,21,22,23,25). The smallest absolute Gasteiger partial charge is 0.321 e. The number of benzene rings is 2. The van der Waals surface area contributed by atoms with Gasteiger partial charge in [-0.15, -0.1) is 11.3 Å². The van der Waals surface area contributed by atoms with Crippen LogP contribution in [0.4, 0.5) is 30.1 Å². The topological polar surface area (TPSA) is 83.1 Å². The number of carbonyl (C=O) groups is 2. The van der Waals surface area contributed by atoms with Crippen LogP contribution in [0.3, 0.4) is 0 Å². The Morgan fingerprint density at radius 2 is 1.65 bits per heavy atom. The molecule has 3 N–H and O–H groups in total. The molecule has 9 heteroatoms. The first-order valence-corrected chi connectivity index (χ1v) is 8.24. The second-order valence-corrected chi connectivity index (χ2v) is 5.92. The molecule has 0 aliphatic heterocycles. The van der Waals surface area contributed by atoms with Gasteiger partial charge in [0.05, 0.1) is 0 Å². The molecule has 132 valence electrons. The van der Waals surface area contributed by atoms with Gasteiger partial charge in [0, 0.05) is 22.8 Å². The molecular formula is C17H12F2N4O2S. The first-order valence-electron chi connectivity index (χ1n) is 7.36. The molecule has 1 heterocycles. The van der Waals surface area contributed by atoms with Crippen LogP contribution in [0.25, 0.3) is 0 Å². The Morgan fingerprint density at radius 3 is 2.38 bits per heavy atom. The van der Waals surface area contributed by atoms with Crippen LogP contribution < -0.4 is 16.0 Å². The predicted molar refractivity (Wildman–Crippen MR) is 95.5 cm³/mol. The van der Waals surface area contributed by atoms with Crippen molar-refractivity contribution >= 4 is 39.8 Å². The van der Waals surface area contributed by atoms with E-state index in [0.717, 1.165) is 23.5 Å². The first-order chi connectivity index (χ1) is 12.5. The number of nitrogens with zero attached hydrogens (tertiary/aromatic N) is 1. The minimum Gasteiger partial charge on any atom is -0.321 e. The molecule has 0 radical (unpaired) electrons. The third kappa shape index (κ3) is 4.39. The molecule has 0 spiro atoms. The number of nitrogens with one attached hydrogen (secondary N) is 3. The third-order valence-electron chi connectivity index (χ3n) is 3.17. The van der Waals surface area contributed by atoms with Crippen molar-refractivity contribution < 1.29 is 18.4 Å². The van der Waals surface area contributed by atoms with Crippen LogP contribution >= 0.6 is 11.3 Å². The van der Waals surface area contributed by atoms with Crippen LogP contribution in [0.1, 0.15) is 10.5 Å². The summed E-state index contributed by atoms with van der Waals surface area (Å²) in [6, 6.07) is 11.3. The Bertz CT molecular complexity index is 947. The van der Waals surface area contributed by atoms with Gasteiger partial charge < -0.3 is 10.6 Å². The molecule has 3 aromatic rings.